The topological polar surface area (TPSA) is 77.0 Å². The van der Waals surface area contributed by atoms with Gasteiger partial charge in [-0.3, -0.25) is 14.8 Å². The summed E-state index contributed by atoms with van der Waals surface area (Å²) in [6.45, 7) is 5.35. The van der Waals surface area contributed by atoms with E-state index in [0.29, 0.717) is 16.8 Å². The minimum atomic E-state index is -3.17. The maximum atomic E-state index is 12.5. The van der Waals surface area contributed by atoms with Gasteiger partial charge in [-0.15, -0.1) is 0 Å². The number of hydrogen-bond acceptors (Lipinski definition) is 5. The highest BCUT2D eigenvalue weighted by molar-refractivity contribution is 7.91. The van der Waals surface area contributed by atoms with E-state index in [4.69, 9.17) is 0 Å². The molecule has 0 fully saturated rings. The normalized spacial score (nSPS) is 11.6. The number of Topliss-reactive ketones (excluding diaryl/α,β-unsaturated/α-hetero) is 1. The van der Waals surface area contributed by atoms with E-state index in [1.807, 2.05) is 31.2 Å². The maximum absolute atomic E-state index is 12.5. The zero-order valence-electron chi connectivity index (χ0n) is 16.8. The monoisotopic (exact) mass is 408 g/mol. The zero-order valence-corrected chi connectivity index (χ0v) is 17.6. The number of benzene rings is 2. The van der Waals surface area contributed by atoms with Gasteiger partial charge in [0.1, 0.15) is 0 Å². The van der Waals surface area contributed by atoms with Crippen LogP contribution in [0.2, 0.25) is 0 Å². The Morgan fingerprint density at radius 3 is 2.24 bits per heavy atom. The van der Waals surface area contributed by atoms with Crippen LogP contribution in [0.5, 0.6) is 0 Å². The van der Waals surface area contributed by atoms with Gasteiger partial charge in [0.25, 0.3) is 0 Å². The van der Waals surface area contributed by atoms with Crippen LogP contribution < -0.4 is 0 Å². The number of nitrogens with zero attached hydrogens (tertiary/aromatic N) is 2. The lowest BCUT2D eigenvalue weighted by atomic mass is 10.0. The Morgan fingerprint density at radius 1 is 0.966 bits per heavy atom. The summed E-state index contributed by atoms with van der Waals surface area (Å²) in [5.74, 6) is -0.105. The Bertz CT molecular complexity index is 1100. The largest absolute Gasteiger partial charge is 0.294 e. The summed E-state index contributed by atoms with van der Waals surface area (Å²) in [5.41, 5.74) is 4.71. The third-order valence-corrected chi connectivity index (χ3v) is 7.00. The highest BCUT2D eigenvalue weighted by Crippen LogP contribution is 2.20. The van der Waals surface area contributed by atoms with Gasteiger partial charge in [0.05, 0.1) is 35.0 Å². The van der Waals surface area contributed by atoms with E-state index in [0.717, 1.165) is 16.8 Å². The number of hydrogen-bond donors (Lipinski definition) is 0. The fourth-order valence-electron chi connectivity index (χ4n) is 2.90. The number of rotatable bonds is 7. The summed E-state index contributed by atoms with van der Waals surface area (Å²) < 4.78 is 24.1. The van der Waals surface area contributed by atoms with Gasteiger partial charge in [0, 0.05) is 17.3 Å². The molecule has 150 valence electrons. The lowest BCUT2D eigenvalue weighted by molar-refractivity contribution is 0.0992. The lowest BCUT2D eigenvalue weighted by Crippen LogP contribution is -2.16. The van der Waals surface area contributed by atoms with Crippen molar-refractivity contribution in [2.45, 2.75) is 38.2 Å². The Balaban J connectivity index is 1.68. The van der Waals surface area contributed by atoms with Crippen LogP contribution in [-0.2, 0) is 22.0 Å². The molecule has 0 amide bonds. The van der Waals surface area contributed by atoms with Gasteiger partial charge in [-0.1, -0.05) is 48.5 Å². The van der Waals surface area contributed by atoms with E-state index in [2.05, 4.69) is 9.97 Å². The molecule has 0 radical (unpaired) electrons. The molecule has 0 saturated carbocycles. The predicted octanol–water partition coefficient (Wildman–Crippen LogP) is 4.20. The van der Waals surface area contributed by atoms with Gasteiger partial charge in [0.15, 0.2) is 15.6 Å². The van der Waals surface area contributed by atoms with Crippen molar-refractivity contribution >= 4 is 15.6 Å². The van der Waals surface area contributed by atoms with E-state index in [9.17, 15) is 13.2 Å². The summed E-state index contributed by atoms with van der Waals surface area (Å²) in [6, 6.07) is 14.7. The first-order valence-electron chi connectivity index (χ1n) is 9.47. The van der Waals surface area contributed by atoms with E-state index in [1.165, 1.54) is 0 Å². The van der Waals surface area contributed by atoms with Gasteiger partial charge < -0.3 is 0 Å². The molecule has 3 aromatic rings. The number of aryl methyl sites for hydroxylation is 1. The molecule has 29 heavy (non-hydrogen) atoms. The molecular formula is C23H24N2O3S. The van der Waals surface area contributed by atoms with Crippen LogP contribution >= 0.6 is 0 Å². The van der Waals surface area contributed by atoms with Crippen molar-refractivity contribution in [2.24, 2.45) is 0 Å². The molecule has 2 aromatic carbocycles. The van der Waals surface area contributed by atoms with Crippen LogP contribution in [-0.4, -0.2) is 29.4 Å². The SMILES string of the molecule is Cc1ccccc1-c1cnc(CC(=O)c2ccc(CS(=O)(=O)C(C)C)cc2)cn1. The van der Waals surface area contributed by atoms with E-state index >= 15 is 0 Å². The Morgan fingerprint density at radius 2 is 1.66 bits per heavy atom. The Hall–Kier alpha value is -2.86. The molecule has 3 rings (SSSR count). The molecule has 0 aliphatic heterocycles. The van der Waals surface area contributed by atoms with Crippen molar-refractivity contribution in [1.82, 2.24) is 9.97 Å². The van der Waals surface area contributed by atoms with Crippen LogP contribution in [0, 0.1) is 6.92 Å². The fourth-order valence-corrected chi connectivity index (χ4v) is 3.89. The number of ketones is 1. The Labute approximate surface area is 171 Å². The van der Waals surface area contributed by atoms with E-state index < -0.39 is 15.1 Å². The molecule has 0 N–H and O–H groups in total. The standard InChI is InChI=1S/C23H24N2O3S/c1-16(2)29(27,28)15-18-8-10-19(11-9-18)23(26)12-20-13-25-22(14-24-20)21-7-5-4-6-17(21)3/h4-11,13-14,16H,12,15H2,1-3H3. The van der Waals surface area contributed by atoms with Crippen molar-refractivity contribution < 1.29 is 13.2 Å². The zero-order chi connectivity index (χ0) is 21.0. The number of carbonyl (C=O) groups is 1. The second-order valence-electron chi connectivity index (χ2n) is 7.36. The van der Waals surface area contributed by atoms with Crippen molar-refractivity contribution in [3.63, 3.8) is 0 Å². The molecule has 0 bridgehead atoms. The highest BCUT2D eigenvalue weighted by atomic mass is 32.2. The highest BCUT2D eigenvalue weighted by Gasteiger charge is 2.17. The molecule has 0 atom stereocenters. The van der Waals surface area contributed by atoms with Crippen molar-refractivity contribution in [3.8, 4) is 11.3 Å². The Kier molecular flexibility index (Phi) is 6.23. The average molecular weight is 409 g/mol. The smallest absolute Gasteiger partial charge is 0.168 e. The molecule has 0 aliphatic carbocycles. The fraction of sp³-hybridized carbons (Fsp3) is 0.261. The van der Waals surface area contributed by atoms with Gasteiger partial charge >= 0.3 is 0 Å². The van der Waals surface area contributed by atoms with Crippen molar-refractivity contribution in [3.05, 3.63) is 83.3 Å². The minimum absolute atomic E-state index is 0.0228. The third-order valence-electron chi connectivity index (χ3n) is 4.83. The van der Waals surface area contributed by atoms with Crippen LogP contribution in [0.25, 0.3) is 11.3 Å². The van der Waals surface area contributed by atoms with Crippen molar-refractivity contribution in [1.29, 1.82) is 0 Å². The van der Waals surface area contributed by atoms with Crippen LogP contribution in [0.4, 0.5) is 0 Å². The van der Waals surface area contributed by atoms with Gasteiger partial charge in [-0.05, 0) is 31.9 Å². The molecule has 6 heteroatoms. The predicted molar refractivity (Wildman–Crippen MR) is 114 cm³/mol. The molecule has 1 aromatic heterocycles. The first-order chi connectivity index (χ1) is 13.8. The first kappa shape index (κ1) is 20.9. The summed E-state index contributed by atoms with van der Waals surface area (Å²) in [6.07, 6.45) is 3.46. The maximum Gasteiger partial charge on any atom is 0.168 e. The second-order valence-corrected chi connectivity index (χ2v) is 9.92. The molecule has 5 nitrogen and oxygen atoms in total. The number of sulfone groups is 1. The second kappa shape index (κ2) is 8.66. The summed E-state index contributed by atoms with van der Waals surface area (Å²) in [5, 5.41) is -0.426. The molecule has 0 aliphatic rings. The number of carbonyl (C=O) groups excluding carboxylic acids is 1. The van der Waals surface area contributed by atoms with E-state index in [-0.39, 0.29) is 18.0 Å². The van der Waals surface area contributed by atoms with Crippen LogP contribution in [0.1, 0.15) is 41.0 Å². The molecule has 0 spiro atoms. The van der Waals surface area contributed by atoms with Crippen LogP contribution in [0.15, 0.2) is 60.9 Å². The quantitative estimate of drug-likeness (QED) is 0.548. The van der Waals surface area contributed by atoms with Gasteiger partial charge in [-0.25, -0.2) is 8.42 Å². The third kappa shape index (κ3) is 5.15. The van der Waals surface area contributed by atoms with Gasteiger partial charge in [0.2, 0.25) is 0 Å². The lowest BCUT2D eigenvalue weighted by Gasteiger charge is -2.08. The summed E-state index contributed by atoms with van der Waals surface area (Å²) >= 11 is 0. The molecule has 0 saturated heterocycles. The average Bonchev–Trinajstić information content (AvgIpc) is 2.69. The molecule has 1 heterocycles. The summed E-state index contributed by atoms with van der Waals surface area (Å²) in [4.78, 5) is 21.4. The first-order valence-corrected chi connectivity index (χ1v) is 11.2. The molecular weight excluding hydrogens is 384 g/mol. The number of aromatic nitrogens is 2. The molecule has 0 unspecified atom stereocenters. The van der Waals surface area contributed by atoms with E-state index in [1.54, 1.807) is 50.5 Å². The van der Waals surface area contributed by atoms with Gasteiger partial charge in [-0.2, -0.15) is 0 Å². The minimum Gasteiger partial charge on any atom is -0.294 e. The summed E-state index contributed by atoms with van der Waals surface area (Å²) in [7, 11) is -3.17. The van der Waals surface area contributed by atoms with Crippen LogP contribution in [0.3, 0.4) is 0 Å². The van der Waals surface area contributed by atoms with Crippen molar-refractivity contribution in [2.75, 3.05) is 0 Å².